The molecule has 1 fully saturated rings. The van der Waals surface area contributed by atoms with Crippen LogP contribution in [0.4, 0.5) is 5.82 Å². The molecule has 3 N–H and O–H groups in total. The molecule has 0 bridgehead atoms. The van der Waals surface area contributed by atoms with Gasteiger partial charge in [0.15, 0.2) is 5.78 Å². The predicted molar refractivity (Wildman–Crippen MR) is 108 cm³/mol. The third kappa shape index (κ3) is 2.65. The van der Waals surface area contributed by atoms with Crippen LogP contribution in [-0.2, 0) is 6.54 Å². The van der Waals surface area contributed by atoms with Gasteiger partial charge >= 0.3 is 0 Å². The molecule has 0 amide bonds. The number of nitrogen functional groups attached to an aromatic ring is 1. The van der Waals surface area contributed by atoms with E-state index in [9.17, 15) is 4.79 Å². The van der Waals surface area contributed by atoms with E-state index in [2.05, 4.69) is 21.5 Å². The number of anilines is 1. The fraction of sp³-hybridized carbons (Fsp3) is 0.300. The summed E-state index contributed by atoms with van der Waals surface area (Å²) in [6.45, 7) is 3.97. The minimum Gasteiger partial charge on any atom is -0.383 e. The van der Waals surface area contributed by atoms with E-state index < -0.39 is 0 Å². The van der Waals surface area contributed by atoms with Crippen LogP contribution < -0.4 is 11.1 Å². The molecule has 3 aromatic heterocycles. The Morgan fingerprint density at radius 2 is 2.29 bits per heavy atom. The van der Waals surface area contributed by atoms with E-state index in [1.807, 2.05) is 27.6 Å². The van der Waals surface area contributed by atoms with Crippen LogP contribution in [0.25, 0.3) is 23.1 Å². The monoisotopic (exact) mass is 375 g/mol. The minimum atomic E-state index is -0.0393. The van der Waals surface area contributed by atoms with Crippen LogP contribution in [0.15, 0.2) is 30.1 Å². The summed E-state index contributed by atoms with van der Waals surface area (Å²) in [5.74, 6) is 0.353. The Labute approximate surface area is 161 Å². The van der Waals surface area contributed by atoms with Crippen molar-refractivity contribution in [2.24, 2.45) is 0 Å². The molecule has 0 aliphatic carbocycles. The highest BCUT2D eigenvalue weighted by Crippen LogP contribution is 2.32. The van der Waals surface area contributed by atoms with E-state index in [1.54, 1.807) is 19.3 Å². The second-order valence-electron chi connectivity index (χ2n) is 7.28. The molecule has 8 nitrogen and oxygen atoms in total. The van der Waals surface area contributed by atoms with E-state index >= 15 is 0 Å². The Kier molecular flexibility index (Phi) is 3.87. The first-order valence-electron chi connectivity index (χ1n) is 9.40. The molecule has 1 saturated heterocycles. The highest BCUT2D eigenvalue weighted by molar-refractivity contribution is 6.09. The topological polar surface area (TPSA) is 104 Å². The number of Topliss-reactive ketones (excluding diaryl/α,β-unsaturated/α-hetero) is 1. The molecule has 0 saturated carbocycles. The van der Waals surface area contributed by atoms with Gasteiger partial charge in [-0.3, -0.25) is 14.2 Å². The quantitative estimate of drug-likeness (QED) is 0.679. The van der Waals surface area contributed by atoms with Gasteiger partial charge in [0.05, 0.1) is 40.4 Å². The van der Waals surface area contributed by atoms with E-state index in [4.69, 9.17) is 10.8 Å². The first-order chi connectivity index (χ1) is 13.6. The van der Waals surface area contributed by atoms with Crippen molar-refractivity contribution >= 4 is 34.7 Å². The third-order valence-corrected chi connectivity index (χ3v) is 5.41. The summed E-state index contributed by atoms with van der Waals surface area (Å²) in [4.78, 5) is 16.5. The van der Waals surface area contributed by atoms with Gasteiger partial charge in [0, 0.05) is 18.9 Å². The number of fused-ring (bicyclic) bond motifs is 2. The van der Waals surface area contributed by atoms with Crippen molar-refractivity contribution in [3.05, 3.63) is 47.1 Å². The van der Waals surface area contributed by atoms with Crippen LogP contribution in [0, 0.1) is 0 Å². The molecule has 0 radical (unpaired) electrons. The number of hydrogen-bond acceptors (Lipinski definition) is 6. The van der Waals surface area contributed by atoms with Gasteiger partial charge in [-0.25, -0.2) is 4.98 Å². The van der Waals surface area contributed by atoms with Gasteiger partial charge in [-0.1, -0.05) is 6.08 Å². The van der Waals surface area contributed by atoms with Gasteiger partial charge < -0.3 is 11.1 Å². The summed E-state index contributed by atoms with van der Waals surface area (Å²) >= 11 is 0. The largest absolute Gasteiger partial charge is 0.383 e. The van der Waals surface area contributed by atoms with E-state index in [0.29, 0.717) is 17.9 Å². The van der Waals surface area contributed by atoms with Gasteiger partial charge in [-0.15, -0.1) is 0 Å². The zero-order valence-corrected chi connectivity index (χ0v) is 15.6. The van der Waals surface area contributed by atoms with Crippen molar-refractivity contribution in [2.45, 2.75) is 25.9 Å². The van der Waals surface area contributed by atoms with Gasteiger partial charge in [-0.2, -0.15) is 10.2 Å². The number of nitrogens with two attached hydrogens (primary N) is 1. The van der Waals surface area contributed by atoms with Crippen molar-refractivity contribution in [3.8, 4) is 0 Å². The van der Waals surface area contributed by atoms with Crippen LogP contribution >= 0.6 is 0 Å². The Morgan fingerprint density at radius 3 is 3.07 bits per heavy atom. The number of rotatable bonds is 3. The van der Waals surface area contributed by atoms with E-state index in [1.165, 1.54) is 0 Å². The fourth-order valence-electron chi connectivity index (χ4n) is 4.00. The lowest BCUT2D eigenvalue weighted by molar-refractivity contribution is 0.101. The number of carbonyl (C=O) groups excluding carboxylic acids is 1. The lowest BCUT2D eigenvalue weighted by atomic mass is 10.1. The van der Waals surface area contributed by atoms with Crippen LogP contribution in [0.3, 0.4) is 0 Å². The van der Waals surface area contributed by atoms with Gasteiger partial charge in [0.25, 0.3) is 0 Å². The molecule has 5 heterocycles. The molecule has 3 aromatic rings. The number of aromatic nitrogens is 5. The molecule has 1 unspecified atom stereocenters. The lowest BCUT2D eigenvalue weighted by Crippen LogP contribution is -2.15. The number of nitrogens with zero attached hydrogens (tertiary/aromatic N) is 5. The molecule has 8 heteroatoms. The van der Waals surface area contributed by atoms with E-state index in [-0.39, 0.29) is 11.8 Å². The summed E-state index contributed by atoms with van der Waals surface area (Å²) in [5, 5.41) is 13.3. The summed E-state index contributed by atoms with van der Waals surface area (Å²) in [7, 11) is 0. The molecular formula is C20H21N7O. The zero-order valence-electron chi connectivity index (χ0n) is 15.6. The molecule has 142 valence electrons. The highest BCUT2D eigenvalue weighted by Gasteiger charge is 2.25. The molecule has 0 spiro atoms. The first kappa shape index (κ1) is 16.9. The van der Waals surface area contributed by atoms with Crippen LogP contribution in [-0.4, -0.2) is 43.4 Å². The summed E-state index contributed by atoms with van der Waals surface area (Å²) in [6, 6.07) is 2.17. The molecule has 1 atom stereocenters. The number of allylic oxidation sites excluding steroid dienone is 2. The smallest absolute Gasteiger partial charge is 0.163 e. The molecular weight excluding hydrogens is 354 g/mol. The maximum Gasteiger partial charge on any atom is 0.163 e. The number of nitrogens with one attached hydrogen (secondary N) is 1. The summed E-state index contributed by atoms with van der Waals surface area (Å²) in [6.07, 6.45) is 10.4. The first-order valence-corrected chi connectivity index (χ1v) is 9.40. The molecule has 2 aliphatic rings. The number of pyridine rings is 1. The van der Waals surface area contributed by atoms with Gasteiger partial charge in [-0.05, 0) is 43.7 Å². The summed E-state index contributed by atoms with van der Waals surface area (Å²) < 4.78 is 3.90. The van der Waals surface area contributed by atoms with Crippen molar-refractivity contribution in [1.29, 1.82) is 0 Å². The zero-order chi connectivity index (χ0) is 19.3. The third-order valence-electron chi connectivity index (χ3n) is 5.41. The Hall–Kier alpha value is -3.26. The van der Waals surface area contributed by atoms with Crippen molar-refractivity contribution in [1.82, 2.24) is 29.9 Å². The Balaban J connectivity index is 1.70. The Morgan fingerprint density at radius 1 is 1.39 bits per heavy atom. The van der Waals surface area contributed by atoms with Crippen LogP contribution in [0.2, 0.25) is 0 Å². The normalized spacial score (nSPS) is 20.2. The maximum atomic E-state index is 12.3. The van der Waals surface area contributed by atoms with Crippen LogP contribution in [0.5, 0.6) is 0 Å². The summed E-state index contributed by atoms with van der Waals surface area (Å²) in [5.41, 5.74) is 10.5. The average Bonchev–Trinajstić information content (AvgIpc) is 3.41. The number of ketones is 1. The van der Waals surface area contributed by atoms with Crippen molar-refractivity contribution < 1.29 is 4.79 Å². The minimum absolute atomic E-state index is 0.0393. The highest BCUT2D eigenvalue weighted by atomic mass is 16.1. The maximum absolute atomic E-state index is 12.3. The van der Waals surface area contributed by atoms with Crippen LogP contribution in [0.1, 0.15) is 41.1 Å². The Bertz CT molecular complexity index is 1140. The van der Waals surface area contributed by atoms with Gasteiger partial charge in [0.1, 0.15) is 5.82 Å². The number of hydrogen-bond donors (Lipinski definition) is 2. The fourth-order valence-corrected chi connectivity index (χ4v) is 4.00. The standard InChI is InChI=1S/C20H21N7O/c1-12(28)16-10-23-20(21)18-17(25-27(19(16)18)15-4-6-22-9-15)8-13-2-3-14-5-7-24-26(14)11-13/h2-3,5,7-8,10,15,22H,4,6,9,11H2,1H3,(H2,21,23). The predicted octanol–water partition coefficient (Wildman–Crippen LogP) is 2.06. The van der Waals surface area contributed by atoms with Crippen molar-refractivity contribution in [3.63, 3.8) is 0 Å². The van der Waals surface area contributed by atoms with Crippen molar-refractivity contribution in [2.75, 3.05) is 18.8 Å². The van der Waals surface area contributed by atoms with Gasteiger partial charge in [0.2, 0.25) is 0 Å². The molecule has 0 aromatic carbocycles. The lowest BCUT2D eigenvalue weighted by Gasteiger charge is -2.12. The SMILES string of the molecule is CC(=O)c1cnc(N)c2c(C=C3C=Cc4ccnn4C3)nn(C3CCNC3)c12. The molecule has 5 rings (SSSR count). The molecule has 2 aliphatic heterocycles. The van der Waals surface area contributed by atoms with E-state index in [0.717, 1.165) is 47.4 Å². The second kappa shape index (κ2) is 6.42. The second-order valence-corrected chi connectivity index (χ2v) is 7.28. The average molecular weight is 375 g/mol. The molecule has 28 heavy (non-hydrogen) atoms. The number of carbonyl (C=O) groups is 1.